The molecule has 0 atom stereocenters. The third kappa shape index (κ3) is 11.7. The molecule has 0 aliphatic rings. The molecule has 0 spiro atoms. The lowest BCUT2D eigenvalue weighted by atomic mass is 10.1. The summed E-state index contributed by atoms with van der Waals surface area (Å²) in [6.07, 6.45) is 11.4. The Hall–Kier alpha value is -0.530. The number of amidine groups is 1. The van der Waals surface area contributed by atoms with Crippen LogP contribution in [0.5, 0.6) is 0 Å². The SMILES string of the molecule is CCCCCC/C(=N/CCCC)NCCCC. The van der Waals surface area contributed by atoms with Gasteiger partial charge in [-0.3, -0.25) is 4.99 Å². The summed E-state index contributed by atoms with van der Waals surface area (Å²) in [4.78, 5) is 4.69. The molecule has 0 rings (SSSR count). The molecule has 0 aliphatic carbocycles. The molecule has 1 N–H and O–H groups in total. The Morgan fingerprint density at radius 3 is 2.18 bits per heavy atom. The first-order valence-corrected chi connectivity index (χ1v) is 7.62. The molecule has 0 aromatic heterocycles. The van der Waals surface area contributed by atoms with Crippen molar-refractivity contribution in [2.45, 2.75) is 78.6 Å². The van der Waals surface area contributed by atoms with Gasteiger partial charge in [0.1, 0.15) is 0 Å². The van der Waals surface area contributed by atoms with Crippen molar-refractivity contribution in [1.29, 1.82) is 0 Å². The summed E-state index contributed by atoms with van der Waals surface area (Å²) >= 11 is 0. The number of unbranched alkanes of at least 4 members (excludes halogenated alkanes) is 5. The van der Waals surface area contributed by atoms with Crippen molar-refractivity contribution in [2.75, 3.05) is 13.1 Å². The van der Waals surface area contributed by atoms with E-state index < -0.39 is 0 Å². The van der Waals surface area contributed by atoms with Crippen molar-refractivity contribution in [3.8, 4) is 0 Å². The Kier molecular flexibility index (Phi) is 13.1. The van der Waals surface area contributed by atoms with Gasteiger partial charge in [-0.05, 0) is 19.3 Å². The van der Waals surface area contributed by atoms with E-state index >= 15 is 0 Å². The lowest BCUT2D eigenvalue weighted by molar-refractivity contribution is 0.667. The van der Waals surface area contributed by atoms with E-state index in [-0.39, 0.29) is 0 Å². The van der Waals surface area contributed by atoms with Gasteiger partial charge in [0.2, 0.25) is 0 Å². The van der Waals surface area contributed by atoms with Gasteiger partial charge in [-0.1, -0.05) is 52.9 Å². The molecule has 2 heteroatoms. The van der Waals surface area contributed by atoms with Crippen LogP contribution in [-0.4, -0.2) is 18.9 Å². The molecule has 0 aromatic rings. The molecule has 0 heterocycles. The third-order valence-corrected chi connectivity index (χ3v) is 2.94. The number of rotatable bonds is 11. The summed E-state index contributed by atoms with van der Waals surface area (Å²) in [5, 5.41) is 3.51. The zero-order chi connectivity index (χ0) is 12.8. The maximum absolute atomic E-state index is 4.69. The molecule has 0 unspecified atom stereocenters. The van der Waals surface area contributed by atoms with Gasteiger partial charge in [-0.2, -0.15) is 0 Å². The van der Waals surface area contributed by atoms with Crippen molar-refractivity contribution in [3.05, 3.63) is 0 Å². The van der Waals surface area contributed by atoms with Crippen LogP contribution in [0.2, 0.25) is 0 Å². The van der Waals surface area contributed by atoms with E-state index in [1.54, 1.807) is 0 Å². The van der Waals surface area contributed by atoms with Gasteiger partial charge in [-0.15, -0.1) is 0 Å². The third-order valence-electron chi connectivity index (χ3n) is 2.94. The Bertz CT molecular complexity index is 176. The standard InChI is InChI=1S/C15H32N2/c1-4-7-10-11-12-15(16-13-8-5-2)17-14-9-6-3/h4-14H2,1-3H3,(H,16,17). The molecule has 0 fully saturated rings. The fourth-order valence-corrected chi connectivity index (χ4v) is 1.72. The first kappa shape index (κ1) is 16.5. The first-order chi connectivity index (χ1) is 8.35. The largest absolute Gasteiger partial charge is 0.374 e. The fourth-order valence-electron chi connectivity index (χ4n) is 1.72. The summed E-state index contributed by atoms with van der Waals surface area (Å²) in [5.74, 6) is 1.25. The van der Waals surface area contributed by atoms with E-state index in [9.17, 15) is 0 Å². The van der Waals surface area contributed by atoms with Crippen molar-refractivity contribution in [2.24, 2.45) is 4.99 Å². The van der Waals surface area contributed by atoms with Crippen molar-refractivity contribution in [3.63, 3.8) is 0 Å². The minimum atomic E-state index is 0.999. The Morgan fingerprint density at radius 1 is 0.824 bits per heavy atom. The average molecular weight is 240 g/mol. The quantitative estimate of drug-likeness (QED) is 0.320. The Labute approximate surface area is 108 Å². The van der Waals surface area contributed by atoms with Crippen LogP contribution in [0.15, 0.2) is 4.99 Å². The van der Waals surface area contributed by atoms with Crippen molar-refractivity contribution >= 4 is 5.84 Å². The molecule has 0 aliphatic heterocycles. The normalized spacial score (nSPS) is 11.8. The highest BCUT2D eigenvalue weighted by Crippen LogP contribution is 2.03. The zero-order valence-corrected chi connectivity index (χ0v) is 12.2. The van der Waals surface area contributed by atoms with Crippen LogP contribution in [0.3, 0.4) is 0 Å². The zero-order valence-electron chi connectivity index (χ0n) is 12.2. The molecule has 0 saturated carbocycles. The molecule has 0 bridgehead atoms. The molecule has 0 saturated heterocycles. The Morgan fingerprint density at radius 2 is 1.53 bits per heavy atom. The number of nitrogens with zero attached hydrogens (tertiary/aromatic N) is 1. The highest BCUT2D eigenvalue weighted by Gasteiger charge is 1.98. The van der Waals surface area contributed by atoms with Crippen LogP contribution < -0.4 is 5.32 Å². The van der Waals surface area contributed by atoms with Crippen LogP contribution in [0.25, 0.3) is 0 Å². The number of hydrogen-bond acceptors (Lipinski definition) is 1. The van der Waals surface area contributed by atoms with Gasteiger partial charge >= 0.3 is 0 Å². The Balaban J connectivity index is 3.79. The van der Waals surface area contributed by atoms with E-state index in [2.05, 4.69) is 31.1 Å². The monoisotopic (exact) mass is 240 g/mol. The van der Waals surface area contributed by atoms with Gasteiger partial charge in [0.05, 0.1) is 5.84 Å². The minimum Gasteiger partial charge on any atom is -0.374 e. The van der Waals surface area contributed by atoms with Crippen LogP contribution in [0.4, 0.5) is 0 Å². The van der Waals surface area contributed by atoms with Crippen LogP contribution in [-0.2, 0) is 0 Å². The summed E-state index contributed by atoms with van der Waals surface area (Å²) in [5.41, 5.74) is 0. The molecule has 17 heavy (non-hydrogen) atoms. The summed E-state index contributed by atoms with van der Waals surface area (Å²) < 4.78 is 0. The fraction of sp³-hybridized carbons (Fsp3) is 0.933. The van der Waals surface area contributed by atoms with Gasteiger partial charge in [0, 0.05) is 19.5 Å². The van der Waals surface area contributed by atoms with E-state index in [1.807, 2.05) is 0 Å². The van der Waals surface area contributed by atoms with Gasteiger partial charge < -0.3 is 5.32 Å². The highest BCUT2D eigenvalue weighted by atomic mass is 15.0. The van der Waals surface area contributed by atoms with Gasteiger partial charge in [0.25, 0.3) is 0 Å². The van der Waals surface area contributed by atoms with Gasteiger partial charge in [0.15, 0.2) is 0 Å². The van der Waals surface area contributed by atoms with Gasteiger partial charge in [-0.25, -0.2) is 0 Å². The van der Waals surface area contributed by atoms with Crippen LogP contribution >= 0.6 is 0 Å². The topological polar surface area (TPSA) is 24.4 Å². The van der Waals surface area contributed by atoms with Crippen LogP contribution in [0, 0.1) is 0 Å². The van der Waals surface area contributed by atoms with Crippen molar-refractivity contribution < 1.29 is 0 Å². The van der Waals surface area contributed by atoms with E-state index in [1.165, 1.54) is 57.2 Å². The molecule has 102 valence electrons. The second-order valence-electron chi connectivity index (χ2n) is 4.77. The predicted molar refractivity (Wildman–Crippen MR) is 78.9 cm³/mol. The number of nitrogens with one attached hydrogen (secondary N) is 1. The number of hydrogen-bond donors (Lipinski definition) is 1. The summed E-state index contributed by atoms with van der Waals surface area (Å²) in [6.45, 7) is 8.81. The maximum atomic E-state index is 4.69. The second kappa shape index (κ2) is 13.5. The lowest BCUT2D eigenvalue weighted by Gasteiger charge is -2.09. The average Bonchev–Trinajstić information content (AvgIpc) is 2.34. The maximum Gasteiger partial charge on any atom is 0.0963 e. The molecule has 0 aromatic carbocycles. The second-order valence-corrected chi connectivity index (χ2v) is 4.77. The summed E-state index contributed by atoms with van der Waals surface area (Å²) in [7, 11) is 0. The van der Waals surface area contributed by atoms with E-state index in [0.717, 1.165) is 19.5 Å². The molecular weight excluding hydrogens is 208 g/mol. The summed E-state index contributed by atoms with van der Waals surface area (Å²) in [6, 6.07) is 0. The molecule has 0 amide bonds. The smallest absolute Gasteiger partial charge is 0.0963 e. The number of aliphatic imine (C=N–C) groups is 1. The lowest BCUT2D eigenvalue weighted by Crippen LogP contribution is -2.24. The first-order valence-electron chi connectivity index (χ1n) is 7.62. The van der Waals surface area contributed by atoms with Crippen molar-refractivity contribution in [1.82, 2.24) is 5.32 Å². The highest BCUT2D eigenvalue weighted by molar-refractivity contribution is 5.82. The van der Waals surface area contributed by atoms with Crippen LogP contribution in [0.1, 0.15) is 78.6 Å². The molecule has 2 nitrogen and oxygen atoms in total. The minimum absolute atomic E-state index is 0.999. The van der Waals surface area contributed by atoms with E-state index in [0.29, 0.717) is 0 Å². The van der Waals surface area contributed by atoms with E-state index in [4.69, 9.17) is 0 Å². The molecule has 0 radical (unpaired) electrons. The molecular formula is C15H32N2. The predicted octanol–water partition coefficient (Wildman–Crippen LogP) is 4.55.